The van der Waals surface area contributed by atoms with Gasteiger partial charge in [0.25, 0.3) is 0 Å². The summed E-state index contributed by atoms with van der Waals surface area (Å²) in [6, 6.07) is 6.17. The number of hydrogen-bond acceptors (Lipinski definition) is 4. The van der Waals surface area contributed by atoms with Gasteiger partial charge in [0.15, 0.2) is 0 Å². The van der Waals surface area contributed by atoms with E-state index in [0.717, 1.165) is 34.0 Å². The van der Waals surface area contributed by atoms with E-state index in [1.807, 2.05) is 23.9 Å². The Labute approximate surface area is 123 Å². The lowest BCUT2D eigenvalue weighted by Gasteiger charge is -2.00. The first-order valence-electron chi connectivity index (χ1n) is 5.68. The van der Waals surface area contributed by atoms with E-state index in [4.69, 9.17) is 0 Å². The molecule has 0 saturated heterocycles. The van der Waals surface area contributed by atoms with Gasteiger partial charge in [0, 0.05) is 17.2 Å². The molecule has 1 aliphatic heterocycles. The van der Waals surface area contributed by atoms with Crippen LogP contribution in [0.4, 0.5) is 0 Å². The van der Waals surface area contributed by atoms with Gasteiger partial charge in [0.2, 0.25) is 0 Å². The molecule has 0 fully saturated rings. The molecule has 0 N–H and O–H groups in total. The minimum Gasteiger partial charge on any atom is -0.291 e. The molecular formula is C12H12BrN3S2. The van der Waals surface area contributed by atoms with E-state index in [1.54, 1.807) is 11.8 Å². The molecule has 2 aromatic heterocycles. The maximum absolute atomic E-state index is 4.67. The van der Waals surface area contributed by atoms with Crippen molar-refractivity contribution in [2.45, 2.75) is 12.7 Å². The van der Waals surface area contributed by atoms with E-state index in [9.17, 15) is 0 Å². The molecule has 0 atom stereocenters. The summed E-state index contributed by atoms with van der Waals surface area (Å²) in [4.78, 5) is 9.11. The van der Waals surface area contributed by atoms with E-state index in [2.05, 4.69) is 43.3 Å². The summed E-state index contributed by atoms with van der Waals surface area (Å²) in [5.74, 6) is 1.99. The molecule has 1 aliphatic rings. The highest BCUT2D eigenvalue weighted by molar-refractivity contribution is 9.10. The first-order chi connectivity index (χ1) is 8.75. The van der Waals surface area contributed by atoms with Crippen LogP contribution in [-0.2, 0) is 5.75 Å². The number of pyridine rings is 1. The van der Waals surface area contributed by atoms with Gasteiger partial charge in [0.05, 0.1) is 12.2 Å². The van der Waals surface area contributed by atoms with Gasteiger partial charge in [-0.2, -0.15) is 0 Å². The molecule has 0 radical (unpaired) electrons. The SMILES string of the molecule is Cc1cccc2nc(CSC3=NCCS3)c(Br)n12. The smallest absolute Gasteiger partial charge is 0.138 e. The summed E-state index contributed by atoms with van der Waals surface area (Å²) in [5.41, 5.74) is 3.28. The monoisotopic (exact) mass is 341 g/mol. The first kappa shape index (κ1) is 12.6. The van der Waals surface area contributed by atoms with Crippen molar-refractivity contribution in [1.82, 2.24) is 9.38 Å². The number of halogens is 1. The van der Waals surface area contributed by atoms with E-state index in [1.165, 1.54) is 10.1 Å². The van der Waals surface area contributed by atoms with Crippen LogP contribution >= 0.6 is 39.5 Å². The normalized spacial score (nSPS) is 15.3. The Balaban J connectivity index is 1.88. The largest absolute Gasteiger partial charge is 0.291 e. The fourth-order valence-corrected chi connectivity index (χ4v) is 4.70. The maximum atomic E-state index is 4.67. The fourth-order valence-electron chi connectivity index (χ4n) is 1.88. The second kappa shape index (κ2) is 5.27. The van der Waals surface area contributed by atoms with Gasteiger partial charge >= 0.3 is 0 Å². The molecule has 0 aromatic carbocycles. The van der Waals surface area contributed by atoms with E-state index in [0.29, 0.717) is 0 Å². The highest BCUT2D eigenvalue weighted by Crippen LogP contribution is 2.29. The van der Waals surface area contributed by atoms with Crippen molar-refractivity contribution >= 4 is 49.5 Å². The van der Waals surface area contributed by atoms with Crippen LogP contribution in [0.3, 0.4) is 0 Å². The number of aromatic nitrogens is 2. The van der Waals surface area contributed by atoms with E-state index < -0.39 is 0 Å². The summed E-state index contributed by atoms with van der Waals surface area (Å²) >= 11 is 7.27. The number of hydrogen-bond donors (Lipinski definition) is 0. The Bertz CT molecular complexity index is 621. The zero-order valence-corrected chi connectivity index (χ0v) is 13.1. The molecule has 6 heteroatoms. The van der Waals surface area contributed by atoms with Gasteiger partial charge in [-0.05, 0) is 35.0 Å². The van der Waals surface area contributed by atoms with Crippen LogP contribution in [0.25, 0.3) is 5.65 Å². The molecule has 0 aliphatic carbocycles. The average molecular weight is 342 g/mol. The lowest BCUT2D eigenvalue weighted by Crippen LogP contribution is -1.90. The Morgan fingerprint density at radius 3 is 3.11 bits per heavy atom. The minimum absolute atomic E-state index is 0.869. The lowest BCUT2D eigenvalue weighted by atomic mass is 10.4. The third-order valence-electron chi connectivity index (χ3n) is 2.74. The van der Waals surface area contributed by atoms with Crippen LogP contribution in [0.5, 0.6) is 0 Å². The summed E-state index contributed by atoms with van der Waals surface area (Å²) < 4.78 is 4.39. The molecule has 3 nitrogen and oxygen atoms in total. The molecule has 18 heavy (non-hydrogen) atoms. The van der Waals surface area contributed by atoms with Gasteiger partial charge in [-0.15, -0.1) is 0 Å². The van der Waals surface area contributed by atoms with Crippen molar-refractivity contribution < 1.29 is 0 Å². The average Bonchev–Trinajstić information content (AvgIpc) is 2.96. The summed E-state index contributed by atoms with van der Waals surface area (Å²) in [6.07, 6.45) is 0. The highest BCUT2D eigenvalue weighted by atomic mass is 79.9. The second-order valence-electron chi connectivity index (χ2n) is 3.99. The third kappa shape index (κ3) is 2.33. The van der Waals surface area contributed by atoms with Crippen molar-refractivity contribution in [2.75, 3.05) is 12.3 Å². The predicted molar refractivity (Wildman–Crippen MR) is 83.7 cm³/mol. The van der Waals surface area contributed by atoms with Gasteiger partial charge in [-0.25, -0.2) is 4.98 Å². The molecule has 0 bridgehead atoms. The number of nitrogens with zero attached hydrogens (tertiary/aromatic N) is 3. The standard InChI is InChI=1S/C12H12BrN3S2/c1-8-3-2-4-10-15-9(11(13)16(8)10)7-18-12-14-5-6-17-12/h2-4H,5-7H2,1H3. The van der Waals surface area contributed by atoms with Crippen molar-refractivity contribution in [3.8, 4) is 0 Å². The van der Waals surface area contributed by atoms with Crippen molar-refractivity contribution in [2.24, 2.45) is 4.99 Å². The Morgan fingerprint density at radius 2 is 2.39 bits per heavy atom. The molecule has 0 spiro atoms. The molecule has 0 amide bonds. The molecule has 0 saturated carbocycles. The number of aliphatic imine (C=N–C) groups is 1. The van der Waals surface area contributed by atoms with Gasteiger partial charge in [0.1, 0.15) is 14.6 Å². The zero-order valence-electron chi connectivity index (χ0n) is 9.89. The lowest BCUT2D eigenvalue weighted by molar-refractivity contribution is 1.06. The quantitative estimate of drug-likeness (QED) is 0.833. The van der Waals surface area contributed by atoms with Crippen molar-refractivity contribution in [1.29, 1.82) is 0 Å². The Kier molecular flexibility index (Phi) is 3.68. The fraction of sp³-hybridized carbons (Fsp3) is 0.333. The molecule has 0 unspecified atom stereocenters. The van der Waals surface area contributed by atoms with Crippen molar-refractivity contribution in [3.63, 3.8) is 0 Å². The molecule has 3 rings (SSSR count). The van der Waals surface area contributed by atoms with Crippen LogP contribution < -0.4 is 0 Å². The van der Waals surface area contributed by atoms with Crippen molar-refractivity contribution in [3.05, 3.63) is 34.2 Å². The number of aryl methyl sites for hydroxylation is 1. The summed E-state index contributed by atoms with van der Waals surface area (Å²) in [7, 11) is 0. The van der Waals surface area contributed by atoms with Gasteiger partial charge in [-0.1, -0.05) is 29.6 Å². The molecule has 94 valence electrons. The summed E-state index contributed by atoms with van der Waals surface area (Å²) in [5, 5.41) is 0. The summed E-state index contributed by atoms with van der Waals surface area (Å²) in [6.45, 7) is 3.05. The number of rotatable bonds is 2. The topological polar surface area (TPSA) is 29.7 Å². The Morgan fingerprint density at radius 1 is 1.50 bits per heavy atom. The van der Waals surface area contributed by atoms with Gasteiger partial charge < -0.3 is 0 Å². The Hall–Kier alpha value is -0.460. The third-order valence-corrected chi connectivity index (χ3v) is 5.81. The first-order valence-corrected chi connectivity index (χ1v) is 8.44. The van der Waals surface area contributed by atoms with Gasteiger partial charge in [-0.3, -0.25) is 9.39 Å². The maximum Gasteiger partial charge on any atom is 0.138 e. The second-order valence-corrected chi connectivity index (χ2v) is 7.05. The molecule has 3 heterocycles. The van der Waals surface area contributed by atoms with Crippen LogP contribution in [0.1, 0.15) is 11.4 Å². The minimum atomic E-state index is 0.869. The van der Waals surface area contributed by atoms with Crippen LogP contribution in [-0.4, -0.2) is 26.1 Å². The zero-order chi connectivity index (χ0) is 12.5. The molecule has 2 aromatic rings. The highest BCUT2D eigenvalue weighted by Gasteiger charge is 2.14. The predicted octanol–water partition coefficient (Wildman–Crippen LogP) is 3.74. The van der Waals surface area contributed by atoms with Crippen LogP contribution in [0, 0.1) is 6.92 Å². The van der Waals surface area contributed by atoms with E-state index in [-0.39, 0.29) is 0 Å². The molecular weight excluding hydrogens is 330 g/mol. The number of thioether (sulfide) groups is 2. The van der Waals surface area contributed by atoms with E-state index >= 15 is 0 Å². The number of fused-ring (bicyclic) bond motifs is 1. The number of imidazole rings is 1. The van der Waals surface area contributed by atoms with Crippen LogP contribution in [0.2, 0.25) is 0 Å². The van der Waals surface area contributed by atoms with Crippen LogP contribution in [0.15, 0.2) is 27.8 Å².